The highest BCUT2D eigenvalue weighted by Crippen LogP contribution is 2.31. The lowest BCUT2D eigenvalue weighted by Crippen LogP contribution is -2.13. The molecule has 0 aliphatic rings. The maximum absolute atomic E-state index is 12.3. The number of thiazole rings is 1. The fourth-order valence-electron chi connectivity index (χ4n) is 2.20. The van der Waals surface area contributed by atoms with Crippen LogP contribution in [-0.4, -0.2) is 20.7 Å². The fourth-order valence-corrected chi connectivity index (χ4v) is 3.59. The van der Waals surface area contributed by atoms with Gasteiger partial charge >= 0.3 is 0 Å². The summed E-state index contributed by atoms with van der Waals surface area (Å²) in [5, 5.41) is 7.53. The van der Waals surface area contributed by atoms with Crippen LogP contribution in [0.4, 0.5) is 5.13 Å². The lowest BCUT2D eigenvalue weighted by Gasteiger charge is -2.00. The Hall–Kier alpha value is -1.99. The summed E-state index contributed by atoms with van der Waals surface area (Å²) < 4.78 is 2.24. The van der Waals surface area contributed by atoms with Crippen molar-refractivity contribution >= 4 is 38.3 Å². The average Bonchev–Trinajstić information content (AvgIpc) is 3.02. The van der Waals surface area contributed by atoms with Gasteiger partial charge in [0.25, 0.3) is 5.91 Å². The number of nitrogens with one attached hydrogen (secondary N) is 1. The van der Waals surface area contributed by atoms with Gasteiger partial charge in [0.15, 0.2) is 10.8 Å². The van der Waals surface area contributed by atoms with Crippen molar-refractivity contribution in [3.05, 3.63) is 51.1 Å². The van der Waals surface area contributed by atoms with Crippen LogP contribution < -0.4 is 5.32 Å². The second kappa shape index (κ2) is 6.25. The standard InChI is InChI=1S/C16H15BrN4OS/c1-9-4-6-11(7-5-9)13-10(2)23-16(18-13)19-15(22)14-12(17)8-21(3)20-14/h4-8H,1-3H3,(H,18,19,22). The van der Waals surface area contributed by atoms with Crippen LogP contribution >= 0.6 is 27.3 Å². The Morgan fingerprint density at radius 3 is 2.57 bits per heavy atom. The summed E-state index contributed by atoms with van der Waals surface area (Å²) in [6, 6.07) is 8.19. The van der Waals surface area contributed by atoms with E-state index in [1.165, 1.54) is 16.9 Å². The molecule has 2 aromatic heterocycles. The predicted octanol–water partition coefficient (Wildman–Crippen LogP) is 4.18. The van der Waals surface area contributed by atoms with Crippen molar-refractivity contribution < 1.29 is 4.79 Å². The Morgan fingerprint density at radius 2 is 1.96 bits per heavy atom. The number of aryl methyl sites for hydroxylation is 3. The van der Waals surface area contributed by atoms with Gasteiger partial charge in [-0.05, 0) is 29.8 Å². The summed E-state index contributed by atoms with van der Waals surface area (Å²) >= 11 is 4.79. The molecule has 0 spiro atoms. The Balaban J connectivity index is 1.85. The van der Waals surface area contributed by atoms with E-state index >= 15 is 0 Å². The van der Waals surface area contributed by atoms with Gasteiger partial charge in [0.1, 0.15) is 0 Å². The summed E-state index contributed by atoms with van der Waals surface area (Å²) in [4.78, 5) is 17.9. The molecule has 0 aliphatic carbocycles. The molecular formula is C16H15BrN4OS. The van der Waals surface area contributed by atoms with E-state index < -0.39 is 0 Å². The fraction of sp³-hybridized carbons (Fsp3) is 0.188. The third-order valence-electron chi connectivity index (χ3n) is 3.34. The van der Waals surface area contributed by atoms with Crippen LogP contribution in [0.3, 0.4) is 0 Å². The van der Waals surface area contributed by atoms with Gasteiger partial charge in [0.2, 0.25) is 0 Å². The van der Waals surface area contributed by atoms with Gasteiger partial charge in [-0.2, -0.15) is 5.10 Å². The zero-order valence-electron chi connectivity index (χ0n) is 12.9. The second-order valence-electron chi connectivity index (χ2n) is 5.24. The largest absolute Gasteiger partial charge is 0.296 e. The Labute approximate surface area is 146 Å². The molecule has 0 saturated carbocycles. The van der Waals surface area contributed by atoms with Gasteiger partial charge in [0, 0.05) is 23.7 Å². The van der Waals surface area contributed by atoms with Gasteiger partial charge in [-0.15, -0.1) is 11.3 Å². The maximum Gasteiger partial charge on any atom is 0.279 e. The molecule has 2 heterocycles. The van der Waals surface area contributed by atoms with Gasteiger partial charge in [-0.1, -0.05) is 29.8 Å². The van der Waals surface area contributed by atoms with Gasteiger partial charge < -0.3 is 0 Å². The molecular weight excluding hydrogens is 376 g/mol. The third kappa shape index (κ3) is 3.35. The summed E-state index contributed by atoms with van der Waals surface area (Å²) in [6.45, 7) is 4.05. The summed E-state index contributed by atoms with van der Waals surface area (Å²) in [5.74, 6) is -0.276. The monoisotopic (exact) mass is 390 g/mol. The van der Waals surface area contributed by atoms with Crippen molar-refractivity contribution in [3.63, 3.8) is 0 Å². The number of halogens is 1. The first kappa shape index (κ1) is 15.9. The van der Waals surface area contributed by atoms with Crippen LogP contribution in [0.2, 0.25) is 0 Å². The Kier molecular flexibility index (Phi) is 4.32. The smallest absolute Gasteiger partial charge is 0.279 e. The first-order chi connectivity index (χ1) is 10.9. The van der Waals surface area contributed by atoms with Crippen molar-refractivity contribution in [3.8, 4) is 11.3 Å². The normalized spacial score (nSPS) is 10.8. The van der Waals surface area contributed by atoms with Crippen molar-refractivity contribution in [1.82, 2.24) is 14.8 Å². The van der Waals surface area contributed by atoms with Gasteiger partial charge in [0.05, 0.1) is 10.2 Å². The molecule has 3 rings (SSSR count). The second-order valence-corrected chi connectivity index (χ2v) is 7.30. The first-order valence-electron chi connectivity index (χ1n) is 6.99. The molecule has 1 aromatic carbocycles. The molecule has 3 aromatic rings. The van der Waals surface area contributed by atoms with Crippen LogP contribution in [0.15, 0.2) is 34.9 Å². The molecule has 0 radical (unpaired) electrons. The minimum atomic E-state index is -0.276. The highest BCUT2D eigenvalue weighted by molar-refractivity contribution is 9.10. The number of benzene rings is 1. The van der Waals surface area contributed by atoms with E-state index in [2.05, 4.69) is 43.5 Å². The highest BCUT2D eigenvalue weighted by atomic mass is 79.9. The van der Waals surface area contributed by atoms with E-state index in [1.807, 2.05) is 26.0 Å². The van der Waals surface area contributed by atoms with Crippen LogP contribution in [0.5, 0.6) is 0 Å². The van der Waals surface area contributed by atoms with E-state index in [9.17, 15) is 4.79 Å². The highest BCUT2D eigenvalue weighted by Gasteiger charge is 2.17. The van der Waals surface area contributed by atoms with Crippen molar-refractivity contribution in [2.75, 3.05) is 5.32 Å². The topological polar surface area (TPSA) is 59.8 Å². The molecule has 7 heteroatoms. The van der Waals surface area contributed by atoms with Crippen molar-refractivity contribution in [1.29, 1.82) is 0 Å². The zero-order valence-corrected chi connectivity index (χ0v) is 15.3. The first-order valence-corrected chi connectivity index (χ1v) is 8.60. The summed E-state index contributed by atoms with van der Waals surface area (Å²) in [5.41, 5.74) is 3.49. The molecule has 23 heavy (non-hydrogen) atoms. The number of amides is 1. The van der Waals surface area contributed by atoms with Crippen LogP contribution in [0.1, 0.15) is 20.9 Å². The van der Waals surface area contributed by atoms with E-state index in [-0.39, 0.29) is 5.91 Å². The van der Waals surface area contributed by atoms with E-state index in [0.29, 0.717) is 15.3 Å². The van der Waals surface area contributed by atoms with E-state index in [4.69, 9.17) is 0 Å². The molecule has 0 aliphatic heterocycles. The van der Waals surface area contributed by atoms with Gasteiger partial charge in [-0.25, -0.2) is 4.98 Å². The van der Waals surface area contributed by atoms with Crippen molar-refractivity contribution in [2.24, 2.45) is 7.05 Å². The SMILES string of the molecule is Cc1ccc(-c2nc(NC(=O)c3nn(C)cc3Br)sc2C)cc1. The van der Waals surface area contributed by atoms with Crippen molar-refractivity contribution in [2.45, 2.75) is 13.8 Å². The van der Waals surface area contributed by atoms with Crippen LogP contribution in [0, 0.1) is 13.8 Å². The lowest BCUT2D eigenvalue weighted by atomic mass is 10.1. The maximum atomic E-state index is 12.3. The molecule has 1 amide bonds. The quantitative estimate of drug-likeness (QED) is 0.729. The number of aromatic nitrogens is 3. The molecule has 118 valence electrons. The summed E-state index contributed by atoms with van der Waals surface area (Å²) in [7, 11) is 1.77. The molecule has 0 saturated heterocycles. The third-order valence-corrected chi connectivity index (χ3v) is 4.81. The number of nitrogens with zero attached hydrogens (tertiary/aromatic N) is 3. The van der Waals surface area contributed by atoms with Gasteiger partial charge in [-0.3, -0.25) is 14.8 Å². The number of hydrogen-bond acceptors (Lipinski definition) is 4. The minimum absolute atomic E-state index is 0.276. The zero-order chi connectivity index (χ0) is 16.6. The molecule has 1 N–H and O–H groups in total. The number of rotatable bonds is 3. The van der Waals surface area contributed by atoms with Crippen LogP contribution in [-0.2, 0) is 7.05 Å². The molecule has 0 fully saturated rings. The lowest BCUT2D eigenvalue weighted by molar-refractivity contribution is 0.102. The van der Waals surface area contributed by atoms with Crippen LogP contribution in [0.25, 0.3) is 11.3 Å². The predicted molar refractivity (Wildman–Crippen MR) is 95.9 cm³/mol. The van der Waals surface area contributed by atoms with E-state index in [0.717, 1.165) is 16.1 Å². The summed E-state index contributed by atoms with van der Waals surface area (Å²) in [6.07, 6.45) is 1.74. The van der Waals surface area contributed by atoms with E-state index in [1.54, 1.807) is 17.9 Å². The molecule has 0 bridgehead atoms. The number of carbonyl (C=O) groups excluding carboxylic acids is 1. The Bertz CT molecular complexity index is 867. The Morgan fingerprint density at radius 1 is 1.26 bits per heavy atom. The minimum Gasteiger partial charge on any atom is -0.296 e. The average molecular weight is 391 g/mol. The molecule has 0 unspecified atom stereocenters. The number of anilines is 1. The number of carbonyl (C=O) groups is 1. The molecule has 0 atom stereocenters. The molecule has 5 nitrogen and oxygen atoms in total. The number of hydrogen-bond donors (Lipinski definition) is 1.